The van der Waals surface area contributed by atoms with Crippen LogP contribution in [0.1, 0.15) is 65.9 Å². The van der Waals surface area contributed by atoms with E-state index in [0.717, 1.165) is 18.3 Å². The van der Waals surface area contributed by atoms with Crippen LogP contribution in [0.5, 0.6) is 0 Å². The van der Waals surface area contributed by atoms with Gasteiger partial charge in [0.2, 0.25) is 0 Å². The van der Waals surface area contributed by atoms with Crippen LogP contribution < -0.4 is 5.46 Å². The summed E-state index contributed by atoms with van der Waals surface area (Å²) in [6.07, 6.45) is 1.72. The molecular weight excluding hydrogens is 287 g/mol. The summed E-state index contributed by atoms with van der Waals surface area (Å²) in [5, 5.41) is 10.4. The predicted molar refractivity (Wildman–Crippen MR) is 93.9 cm³/mol. The lowest BCUT2D eigenvalue weighted by atomic mass is 9.63. The third-order valence-electron chi connectivity index (χ3n) is 6.21. The molecule has 0 bridgehead atoms. The van der Waals surface area contributed by atoms with Gasteiger partial charge in [0.1, 0.15) is 0 Å². The maximum atomic E-state index is 10.4. The van der Waals surface area contributed by atoms with Crippen LogP contribution in [0.2, 0.25) is 0 Å². The molecule has 0 unspecified atom stereocenters. The van der Waals surface area contributed by atoms with Gasteiger partial charge in [0, 0.05) is 0 Å². The molecule has 3 rings (SSSR count). The van der Waals surface area contributed by atoms with Crippen molar-refractivity contribution in [3.05, 3.63) is 29.8 Å². The van der Waals surface area contributed by atoms with Gasteiger partial charge in [-0.25, -0.2) is 0 Å². The SMILES string of the molecule is CC(C)C1(O)CC(c2ccc(B3OC(C)(C)C(C)(C)O3)cc2)C1. The first-order valence-corrected chi connectivity index (χ1v) is 8.72. The third kappa shape index (κ3) is 2.86. The van der Waals surface area contributed by atoms with E-state index in [1.807, 2.05) is 0 Å². The zero-order chi connectivity index (χ0) is 17.0. The predicted octanol–water partition coefficient (Wildman–Crippen LogP) is 3.25. The molecule has 0 atom stereocenters. The molecule has 0 radical (unpaired) electrons. The maximum Gasteiger partial charge on any atom is 0.494 e. The summed E-state index contributed by atoms with van der Waals surface area (Å²) < 4.78 is 12.2. The van der Waals surface area contributed by atoms with Gasteiger partial charge in [-0.1, -0.05) is 38.1 Å². The summed E-state index contributed by atoms with van der Waals surface area (Å²) in [4.78, 5) is 0. The van der Waals surface area contributed by atoms with Crippen LogP contribution in [-0.4, -0.2) is 29.0 Å². The van der Waals surface area contributed by atoms with Gasteiger partial charge >= 0.3 is 7.12 Å². The highest BCUT2D eigenvalue weighted by Crippen LogP contribution is 2.48. The fraction of sp³-hybridized carbons (Fsp3) is 0.684. The zero-order valence-corrected chi connectivity index (χ0v) is 15.2. The maximum absolute atomic E-state index is 10.4. The Morgan fingerprint density at radius 1 is 1.00 bits per heavy atom. The number of hydrogen-bond donors (Lipinski definition) is 1. The molecule has 23 heavy (non-hydrogen) atoms. The first-order valence-electron chi connectivity index (χ1n) is 8.72. The molecule has 126 valence electrons. The van der Waals surface area contributed by atoms with Gasteiger partial charge in [-0.3, -0.25) is 0 Å². The molecule has 0 aromatic heterocycles. The third-order valence-corrected chi connectivity index (χ3v) is 6.21. The van der Waals surface area contributed by atoms with Crippen LogP contribution in [0.25, 0.3) is 0 Å². The minimum absolute atomic E-state index is 0.303. The van der Waals surface area contributed by atoms with Crippen LogP contribution in [0.3, 0.4) is 0 Å². The van der Waals surface area contributed by atoms with E-state index >= 15 is 0 Å². The largest absolute Gasteiger partial charge is 0.494 e. The van der Waals surface area contributed by atoms with Crippen molar-refractivity contribution in [1.29, 1.82) is 0 Å². The molecule has 1 aliphatic heterocycles. The topological polar surface area (TPSA) is 38.7 Å². The minimum Gasteiger partial charge on any atom is -0.399 e. The Kier molecular flexibility index (Phi) is 3.94. The minimum atomic E-state index is -0.477. The average molecular weight is 316 g/mol. The molecule has 4 heteroatoms. The average Bonchev–Trinajstić information content (AvgIpc) is 2.64. The Morgan fingerprint density at radius 2 is 1.48 bits per heavy atom. The van der Waals surface area contributed by atoms with Gasteiger partial charge in [0.15, 0.2) is 0 Å². The molecule has 1 aromatic carbocycles. The molecule has 1 aliphatic carbocycles. The molecule has 2 aliphatic rings. The zero-order valence-electron chi connectivity index (χ0n) is 15.2. The summed E-state index contributed by atoms with van der Waals surface area (Å²) in [5.74, 6) is 0.789. The molecule has 1 saturated carbocycles. The molecule has 0 spiro atoms. The fourth-order valence-electron chi connectivity index (χ4n) is 3.41. The molecule has 2 fully saturated rings. The smallest absolute Gasteiger partial charge is 0.399 e. The summed E-state index contributed by atoms with van der Waals surface area (Å²) in [6.45, 7) is 12.5. The summed E-state index contributed by atoms with van der Waals surface area (Å²) in [7, 11) is -0.303. The summed E-state index contributed by atoms with van der Waals surface area (Å²) >= 11 is 0. The number of hydrogen-bond acceptors (Lipinski definition) is 3. The van der Waals surface area contributed by atoms with Gasteiger partial charge in [0.25, 0.3) is 0 Å². The molecular formula is C19H29BO3. The standard InChI is InChI=1S/C19H29BO3/c1-13(2)19(21)11-15(12-19)14-7-9-16(10-8-14)20-22-17(3,4)18(5,6)23-20/h7-10,13,15,21H,11-12H2,1-6H3. The second-order valence-corrected chi connectivity index (χ2v) is 8.62. The Labute approximate surface area is 140 Å². The van der Waals surface area contributed by atoms with Gasteiger partial charge in [0.05, 0.1) is 16.8 Å². The van der Waals surface area contributed by atoms with Gasteiger partial charge in [-0.05, 0) is 63.4 Å². The quantitative estimate of drug-likeness (QED) is 0.870. The summed E-state index contributed by atoms with van der Waals surface area (Å²) in [5.41, 5.74) is 1.27. The van der Waals surface area contributed by atoms with E-state index in [-0.39, 0.29) is 18.3 Å². The van der Waals surface area contributed by atoms with Gasteiger partial charge in [-0.2, -0.15) is 0 Å². The van der Waals surface area contributed by atoms with Gasteiger partial charge in [-0.15, -0.1) is 0 Å². The Hall–Kier alpha value is -0.835. The van der Waals surface area contributed by atoms with Crippen molar-refractivity contribution in [1.82, 2.24) is 0 Å². The van der Waals surface area contributed by atoms with Crippen molar-refractivity contribution in [2.45, 2.75) is 77.1 Å². The van der Waals surface area contributed by atoms with Crippen molar-refractivity contribution >= 4 is 12.6 Å². The van der Waals surface area contributed by atoms with Crippen molar-refractivity contribution in [2.75, 3.05) is 0 Å². The highest BCUT2D eigenvalue weighted by molar-refractivity contribution is 6.62. The highest BCUT2D eigenvalue weighted by atomic mass is 16.7. The van der Waals surface area contributed by atoms with E-state index in [2.05, 4.69) is 65.8 Å². The Balaban J connectivity index is 1.68. The highest BCUT2D eigenvalue weighted by Gasteiger charge is 2.51. The molecule has 0 amide bonds. The second-order valence-electron chi connectivity index (χ2n) is 8.62. The first kappa shape index (κ1) is 17.0. The van der Waals surface area contributed by atoms with E-state index < -0.39 is 5.60 Å². The molecule has 1 heterocycles. The van der Waals surface area contributed by atoms with E-state index in [1.54, 1.807) is 0 Å². The second kappa shape index (κ2) is 5.33. The summed E-state index contributed by atoms with van der Waals surface area (Å²) in [6, 6.07) is 8.52. The van der Waals surface area contributed by atoms with Gasteiger partial charge < -0.3 is 14.4 Å². The Bertz CT molecular complexity index is 555. The molecule has 1 saturated heterocycles. The van der Waals surface area contributed by atoms with Crippen molar-refractivity contribution in [2.24, 2.45) is 5.92 Å². The first-order chi connectivity index (χ1) is 10.5. The number of benzene rings is 1. The van der Waals surface area contributed by atoms with E-state index in [4.69, 9.17) is 9.31 Å². The van der Waals surface area contributed by atoms with Crippen LogP contribution in [0.15, 0.2) is 24.3 Å². The lowest BCUT2D eigenvalue weighted by molar-refractivity contribution is -0.0859. The van der Waals surface area contributed by atoms with Crippen molar-refractivity contribution in [3.8, 4) is 0 Å². The molecule has 1 aromatic rings. The lowest BCUT2D eigenvalue weighted by Crippen LogP contribution is -2.46. The van der Waals surface area contributed by atoms with Crippen LogP contribution in [-0.2, 0) is 9.31 Å². The monoisotopic (exact) mass is 316 g/mol. The molecule has 1 N–H and O–H groups in total. The molecule has 3 nitrogen and oxygen atoms in total. The normalized spacial score (nSPS) is 32.2. The lowest BCUT2D eigenvalue weighted by Gasteiger charge is -2.47. The van der Waals surface area contributed by atoms with E-state index in [0.29, 0.717) is 11.8 Å². The van der Waals surface area contributed by atoms with Crippen molar-refractivity contribution in [3.63, 3.8) is 0 Å². The van der Waals surface area contributed by atoms with Crippen molar-refractivity contribution < 1.29 is 14.4 Å². The Morgan fingerprint density at radius 3 is 1.91 bits per heavy atom. The van der Waals surface area contributed by atoms with E-state index in [1.165, 1.54) is 5.56 Å². The van der Waals surface area contributed by atoms with Crippen LogP contribution in [0.4, 0.5) is 0 Å². The van der Waals surface area contributed by atoms with Crippen LogP contribution >= 0.6 is 0 Å². The number of aliphatic hydroxyl groups is 1. The fourth-order valence-corrected chi connectivity index (χ4v) is 3.41. The van der Waals surface area contributed by atoms with Crippen LogP contribution in [0, 0.1) is 5.92 Å². The number of rotatable bonds is 3. The van der Waals surface area contributed by atoms with E-state index in [9.17, 15) is 5.11 Å².